The summed E-state index contributed by atoms with van der Waals surface area (Å²) in [5.41, 5.74) is 0. The van der Waals surface area contributed by atoms with Gasteiger partial charge in [-0.15, -0.1) is 0 Å². The van der Waals surface area contributed by atoms with Crippen LogP contribution in [0.5, 0.6) is 0 Å². The molecule has 9 unspecified atom stereocenters. The summed E-state index contributed by atoms with van der Waals surface area (Å²) in [4.78, 5) is 34.3. The Hall–Kier alpha value is -1.18. The summed E-state index contributed by atoms with van der Waals surface area (Å²) < 4.78 is 0. The Kier molecular flexibility index (Phi) is 8.82. The van der Waals surface area contributed by atoms with Crippen LogP contribution in [0.25, 0.3) is 0 Å². The van der Waals surface area contributed by atoms with Crippen LogP contribution in [0.15, 0.2) is 0 Å². The van der Waals surface area contributed by atoms with Crippen molar-refractivity contribution in [3.8, 4) is 0 Å². The highest BCUT2D eigenvalue weighted by atomic mass is 16.2. The van der Waals surface area contributed by atoms with Crippen LogP contribution in [0.3, 0.4) is 0 Å². The first-order valence-electron chi connectivity index (χ1n) is 15.6. The smallest absolute Gasteiger partial charge is 0.225 e. The third-order valence-corrected chi connectivity index (χ3v) is 11.1. The standard InChI is InChI=1S/C30H53N5O2/c1-5-34-11-13-35(14-12-34)25-8-6-7-22(16-25)29(36)32-24-10-9-20(2)26(18-24)27-17-23-19-31-21(3)15-28(23)33(4)30(27)37/h20-28,31H,5-19H2,1-4H3,(H,32,36). The average molecular weight is 516 g/mol. The second-order valence-electron chi connectivity index (χ2n) is 13.3. The second-order valence-corrected chi connectivity index (χ2v) is 13.3. The van der Waals surface area contributed by atoms with Crippen molar-refractivity contribution in [3.63, 3.8) is 0 Å². The summed E-state index contributed by atoms with van der Waals surface area (Å²) in [5, 5.41) is 7.16. The molecule has 3 aliphatic heterocycles. The van der Waals surface area contributed by atoms with Gasteiger partial charge in [0.2, 0.25) is 11.8 Å². The molecule has 0 spiro atoms. The molecule has 0 aromatic rings. The van der Waals surface area contributed by atoms with Gasteiger partial charge in [0, 0.05) is 75.8 Å². The van der Waals surface area contributed by atoms with Crippen LogP contribution in [-0.2, 0) is 9.59 Å². The number of piperidine rings is 2. The number of nitrogens with zero attached hydrogens (tertiary/aromatic N) is 3. The third kappa shape index (κ3) is 6.04. The Bertz CT molecular complexity index is 799. The zero-order valence-corrected chi connectivity index (χ0v) is 24.0. The van der Waals surface area contributed by atoms with Gasteiger partial charge in [-0.1, -0.05) is 20.3 Å². The Labute approximate surface area is 225 Å². The highest BCUT2D eigenvalue weighted by Crippen LogP contribution is 2.43. The molecule has 9 atom stereocenters. The van der Waals surface area contributed by atoms with Gasteiger partial charge in [0.05, 0.1) is 0 Å². The van der Waals surface area contributed by atoms with Gasteiger partial charge in [0.1, 0.15) is 0 Å². The van der Waals surface area contributed by atoms with Crippen molar-refractivity contribution in [2.24, 2.45) is 29.6 Å². The Balaban J connectivity index is 1.16. The maximum Gasteiger partial charge on any atom is 0.225 e. The largest absolute Gasteiger partial charge is 0.353 e. The molecule has 5 aliphatic rings. The number of fused-ring (bicyclic) bond motifs is 1. The lowest BCUT2D eigenvalue weighted by molar-refractivity contribution is -0.148. The lowest BCUT2D eigenvalue weighted by Gasteiger charge is -2.50. The lowest BCUT2D eigenvalue weighted by atomic mass is 9.65. The summed E-state index contributed by atoms with van der Waals surface area (Å²) in [7, 11) is 2.04. The van der Waals surface area contributed by atoms with Crippen molar-refractivity contribution in [1.82, 2.24) is 25.3 Å². The highest BCUT2D eigenvalue weighted by molar-refractivity contribution is 5.81. The molecule has 0 aromatic heterocycles. The van der Waals surface area contributed by atoms with Gasteiger partial charge >= 0.3 is 0 Å². The first-order valence-corrected chi connectivity index (χ1v) is 15.6. The molecule has 37 heavy (non-hydrogen) atoms. The van der Waals surface area contributed by atoms with E-state index in [2.05, 4.69) is 46.1 Å². The zero-order valence-electron chi connectivity index (χ0n) is 24.0. The molecule has 2 amide bonds. The normalized spacial score (nSPS) is 42.3. The molecular weight excluding hydrogens is 462 g/mol. The molecule has 0 bridgehead atoms. The van der Waals surface area contributed by atoms with Crippen LogP contribution >= 0.6 is 0 Å². The molecule has 5 rings (SSSR count). The van der Waals surface area contributed by atoms with E-state index < -0.39 is 0 Å². The first-order chi connectivity index (χ1) is 17.8. The van der Waals surface area contributed by atoms with E-state index in [1.807, 2.05) is 7.05 Å². The number of amides is 2. The number of piperazine rings is 1. The van der Waals surface area contributed by atoms with Gasteiger partial charge in [-0.3, -0.25) is 14.5 Å². The van der Waals surface area contributed by atoms with Crippen molar-refractivity contribution in [2.45, 2.75) is 103 Å². The SMILES string of the molecule is CCN1CCN(C2CCCC(C(=O)NC3CCC(C)C(C4CC5CNC(C)CC5N(C)C4=O)C3)C2)CC1. The summed E-state index contributed by atoms with van der Waals surface area (Å²) >= 11 is 0. The topological polar surface area (TPSA) is 67.9 Å². The van der Waals surface area contributed by atoms with E-state index in [0.717, 1.165) is 84.2 Å². The average Bonchev–Trinajstić information content (AvgIpc) is 2.92. The van der Waals surface area contributed by atoms with Crippen LogP contribution in [-0.4, -0.2) is 97.0 Å². The fourth-order valence-corrected chi connectivity index (χ4v) is 8.60. The number of likely N-dealkylation sites (N-methyl/N-ethyl adjacent to an activating group) is 1. The summed E-state index contributed by atoms with van der Waals surface area (Å²) in [6.07, 6.45) is 9.67. The number of likely N-dealkylation sites (tertiary alicyclic amines) is 1. The minimum absolute atomic E-state index is 0.108. The van der Waals surface area contributed by atoms with Crippen LogP contribution in [0.2, 0.25) is 0 Å². The van der Waals surface area contributed by atoms with E-state index in [0.29, 0.717) is 41.8 Å². The van der Waals surface area contributed by atoms with E-state index in [9.17, 15) is 9.59 Å². The molecule has 2 N–H and O–H groups in total. The van der Waals surface area contributed by atoms with Gasteiger partial charge in [-0.05, 0) is 82.6 Å². The third-order valence-electron chi connectivity index (χ3n) is 11.1. The van der Waals surface area contributed by atoms with E-state index in [4.69, 9.17) is 0 Å². The molecule has 3 saturated heterocycles. The molecule has 0 radical (unpaired) electrons. The van der Waals surface area contributed by atoms with E-state index >= 15 is 0 Å². The first kappa shape index (κ1) is 27.4. The number of rotatable bonds is 5. The van der Waals surface area contributed by atoms with Gasteiger partial charge < -0.3 is 20.4 Å². The van der Waals surface area contributed by atoms with Crippen molar-refractivity contribution >= 4 is 11.8 Å². The predicted molar refractivity (Wildman–Crippen MR) is 148 cm³/mol. The van der Waals surface area contributed by atoms with Gasteiger partial charge in [-0.2, -0.15) is 0 Å². The Morgan fingerprint density at radius 2 is 1.78 bits per heavy atom. The predicted octanol–water partition coefficient (Wildman–Crippen LogP) is 2.95. The van der Waals surface area contributed by atoms with Gasteiger partial charge in [-0.25, -0.2) is 0 Å². The minimum Gasteiger partial charge on any atom is -0.353 e. The summed E-state index contributed by atoms with van der Waals surface area (Å²) in [6, 6.07) is 1.67. The van der Waals surface area contributed by atoms with Crippen molar-refractivity contribution < 1.29 is 9.59 Å². The molecule has 210 valence electrons. The van der Waals surface area contributed by atoms with Gasteiger partial charge in [0.25, 0.3) is 0 Å². The number of hydrogen-bond donors (Lipinski definition) is 2. The molecule has 7 nitrogen and oxygen atoms in total. The molecule has 3 heterocycles. The van der Waals surface area contributed by atoms with Gasteiger partial charge in [0.15, 0.2) is 0 Å². The quantitative estimate of drug-likeness (QED) is 0.589. The summed E-state index contributed by atoms with van der Waals surface area (Å²) in [6.45, 7) is 13.6. The minimum atomic E-state index is 0.108. The fourth-order valence-electron chi connectivity index (χ4n) is 8.60. The van der Waals surface area contributed by atoms with Crippen molar-refractivity contribution in [1.29, 1.82) is 0 Å². The number of nitrogens with one attached hydrogen (secondary N) is 2. The lowest BCUT2D eigenvalue weighted by Crippen LogP contribution is -2.60. The van der Waals surface area contributed by atoms with Crippen LogP contribution in [0, 0.1) is 29.6 Å². The monoisotopic (exact) mass is 515 g/mol. The summed E-state index contributed by atoms with van der Waals surface area (Å²) in [5.74, 6) is 2.39. The fraction of sp³-hybridized carbons (Fsp3) is 0.933. The van der Waals surface area contributed by atoms with Crippen LogP contribution in [0.4, 0.5) is 0 Å². The van der Waals surface area contributed by atoms with E-state index in [1.165, 1.54) is 12.8 Å². The molecule has 7 heteroatoms. The van der Waals surface area contributed by atoms with Crippen molar-refractivity contribution in [3.05, 3.63) is 0 Å². The zero-order chi connectivity index (χ0) is 26.1. The Morgan fingerprint density at radius 1 is 1.00 bits per heavy atom. The maximum absolute atomic E-state index is 13.5. The number of carbonyl (C=O) groups is 2. The highest BCUT2D eigenvalue weighted by Gasteiger charge is 2.47. The van der Waals surface area contributed by atoms with Crippen LogP contribution in [0.1, 0.15) is 78.6 Å². The van der Waals surface area contributed by atoms with Crippen molar-refractivity contribution in [2.75, 3.05) is 46.3 Å². The van der Waals surface area contributed by atoms with E-state index in [1.54, 1.807) is 0 Å². The molecule has 2 saturated carbocycles. The number of hydrogen-bond acceptors (Lipinski definition) is 5. The Morgan fingerprint density at radius 3 is 2.54 bits per heavy atom. The van der Waals surface area contributed by atoms with Crippen LogP contribution < -0.4 is 10.6 Å². The molecular formula is C30H53N5O2. The van der Waals surface area contributed by atoms with E-state index in [-0.39, 0.29) is 23.8 Å². The molecule has 0 aromatic carbocycles. The molecule has 5 fully saturated rings. The number of carbonyl (C=O) groups excluding carboxylic acids is 2. The second kappa shape index (κ2) is 11.9. The maximum atomic E-state index is 13.5. The molecule has 2 aliphatic carbocycles.